The Morgan fingerprint density at radius 3 is 2.62 bits per heavy atom. The topological polar surface area (TPSA) is 90.5 Å². The molecular weight excluding hydrogens is 330 g/mol. The van der Waals surface area contributed by atoms with Gasteiger partial charge in [-0.05, 0) is 50.3 Å². The first-order chi connectivity index (χ1) is 12.5. The van der Waals surface area contributed by atoms with Crippen LogP contribution in [0.3, 0.4) is 0 Å². The summed E-state index contributed by atoms with van der Waals surface area (Å²) in [4.78, 5) is 12.6. The number of carbonyl (C=O) groups is 1. The minimum atomic E-state index is -0.134. The van der Waals surface area contributed by atoms with Gasteiger partial charge in [0.05, 0.1) is 5.69 Å². The number of rotatable bonds is 6. The number of nitrogens with zero attached hydrogens (tertiary/aromatic N) is 6. The van der Waals surface area contributed by atoms with Gasteiger partial charge in [0.1, 0.15) is 0 Å². The second-order valence-corrected chi connectivity index (χ2v) is 6.05. The van der Waals surface area contributed by atoms with Crippen LogP contribution in [0.2, 0.25) is 0 Å². The van der Waals surface area contributed by atoms with E-state index in [0.29, 0.717) is 24.5 Å². The number of nitrogens with one attached hydrogen (secondary N) is 1. The number of carbonyl (C=O) groups excluding carboxylic acids is 1. The van der Waals surface area contributed by atoms with Gasteiger partial charge < -0.3 is 5.32 Å². The number of tetrazole rings is 1. The first-order valence-corrected chi connectivity index (χ1v) is 8.72. The van der Waals surface area contributed by atoms with Gasteiger partial charge in [0, 0.05) is 42.0 Å². The predicted octanol–water partition coefficient (Wildman–Crippen LogP) is 2.12. The Hall–Kier alpha value is -3.03. The highest BCUT2D eigenvalue weighted by molar-refractivity contribution is 5.95. The standard InChI is InChI=1S/C18H23N7O/c1-5-24-13(4)16(12(3)21-24)11-19-18(26)15-9-7-8-14(10-15)17-20-22-23-25(17)6-2/h7-10H,5-6,11H2,1-4H3,(H,19,26). The molecule has 0 saturated carbocycles. The number of aryl methyl sites for hydroxylation is 3. The molecule has 0 spiro atoms. The van der Waals surface area contributed by atoms with E-state index in [9.17, 15) is 4.79 Å². The van der Waals surface area contributed by atoms with E-state index >= 15 is 0 Å². The lowest BCUT2D eigenvalue weighted by molar-refractivity contribution is 0.0951. The van der Waals surface area contributed by atoms with E-state index in [1.165, 1.54) is 0 Å². The maximum atomic E-state index is 12.6. The molecule has 2 aromatic heterocycles. The van der Waals surface area contributed by atoms with Crippen molar-refractivity contribution in [2.75, 3.05) is 0 Å². The van der Waals surface area contributed by atoms with Gasteiger partial charge >= 0.3 is 0 Å². The molecule has 3 rings (SSSR count). The quantitative estimate of drug-likeness (QED) is 0.733. The Morgan fingerprint density at radius 1 is 1.15 bits per heavy atom. The van der Waals surface area contributed by atoms with Crippen molar-refractivity contribution in [3.05, 3.63) is 46.8 Å². The smallest absolute Gasteiger partial charge is 0.251 e. The summed E-state index contributed by atoms with van der Waals surface area (Å²) in [6.07, 6.45) is 0. The minimum Gasteiger partial charge on any atom is -0.348 e. The largest absolute Gasteiger partial charge is 0.348 e. The van der Waals surface area contributed by atoms with Crippen LogP contribution in [0.1, 0.15) is 41.2 Å². The Labute approximate surface area is 152 Å². The van der Waals surface area contributed by atoms with Gasteiger partial charge in [0.25, 0.3) is 5.91 Å². The molecule has 2 heterocycles. The zero-order valence-electron chi connectivity index (χ0n) is 15.5. The number of aromatic nitrogens is 6. The van der Waals surface area contributed by atoms with Crippen LogP contribution < -0.4 is 5.32 Å². The summed E-state index contributed by atoms with van der Waals surface area (Å²) in [5, 5.41) is 19.2. The first-order valence-electron chi connectivity index (χ1n) is 8.72. The van der Waals surface area contributed by atoms with E-state index in [4.69, 9.17) is 0 Å². The fraction of sp³-hybridized carbons (Fsp3) is 0.389. The molecule has 0 aliphatic heterocycles. The van der Waals surface area contributed by atoms with E-state index in [-0.39, 0.29) is 5.91 Å². The predicted molar refractivity (Wildman–Crippen MR) is 97.5 cm³/mol. The van der Waals surface area contributed by atoms with E-state index < -0.39 is 0 Å². The van der Waals surface area contributed by atoms with Crippen LogP contribution in [0, 0.1) is 13.8 Å². The zero-order chi connectivity index (χ0) is 18.7. The molecule has 3 aromatic rings. The molecule has 0 saturated heterocycles. The normalized spacial score (nSPS) is 10.9. The van der Waals surface area contributed by atoms with Crippen LogP contribution in [-0.4, -0.2) is 35.9 Å². The Balaban J connectivity index is 1.77. The van der Waals surface area contributed by atoms with Crippen molar-refractivity contribution in [2.45, 2.75) is 47.3 Å². The molecule has 1 N–H and O–H groups in total. The summed E-state index contributed by atoms with van der Waals surface area (Å²) in [5.74, 6) is 0.517. The molecule has 0 aliphatic carbocycles. The summed E-state index contributed by atoms with van der Waals surface area (Å²) in [6.45, 7) is 9.94. The fourth-order valence-electron chi connectivity index (χ4n) is 2.99. The second-order valence-electron chi connectivity index (χ2n) is 6.05. The maximum absolute atomic E-state index is 12.6. The SMILES string of the molecule is CCn1nnnc1-c1cccc(C(=O)NCc2c(C)nn(CC)c2C)c1. The molecule has 0 atom stereocenters. The summed E-state index contributed by atoms with van der Waals surface area (Å²) in [5.41, 5.74) is 4.48. The third kappa shape index (κ3) is 3.35. The average Bonchev–Trinajstić information content (AvgIpc) is 3.24. The van der Waals surface area contributed by atoms with Crippen LogP contribution in [0.25, 0.3) is 11.4 Å². The van der Waals surface area contributed by atoms with E-state index in [1.807, 2.05) is 43.7 Å². The molecule has 26 heavy (non-hydrogen) atoms. The molecule has 0 bridgehead atoms. The lowest BCUT2D eigenvalue weighted by Gasteiger charge is -2.08. The van der Waals surface area contributed by atoms with Gasteiger partial charge in [0.2, 0.25) is 0 Å². The second kappa shape index (κ2) is 7.47. The van der Waals surface area contributed by atoms with E-state index in [1.54, 1.807) is 10.7 Å². The van der Waals surface area contributed by atoms with Gasteiger partial charge in [-0.1, -0.05) is 12.1 Å². The third-order valence-corrected chi connectivity index (χ3v) is 4.47. The number of hydrogen-bond donors (Lipinski definition) is 1. The molecular formula is C18H23N7O. The first kappa shape index (κ1) is 17.8. The highest BCUT2D eigenvalue weighted by Gasteiger charge is 2.14. The lowest BCUT2D eigenvalue weighted by atomic mass is 10.1. The highest BCUT2D eigenvalue weighted by Crippen LogP contribution is 2.18. The molecule has 8 heteroatoms. The summed E-state index contributed by atoms with van der Waals surface area (Å²) >= 11 is 0. The van der Waals surface area contributed by atoms with Crippen molar-refractivity contribution in [1.82, 2.24) is 35.3 Å². The third-order valence-electron chi connectivity index (χ3n) is 4.47. The number of benzene rings is 1. The van der Waals surface area contributed by atoms with Gasteiger partial charge in [-0.2, -0.15) is 5.10 Å². The number of hydrogen-bond acceptors (Lipinski definition) is 5. The zero-order valence-corrected chi connectivity index (χ0v) is 15.5. The van der Waals surface area contributed by atoms with Crippen LogP contribution >= 0.6 is 0 Å². The molecule has 0 radical (unpaired) electrons. The van der Waals surface area contributed by atoms with Crippen molar-refractivity contribution in [1.29, 1.82) is 0 Å². The van der Waals surface area contributed by atoms with E-state index in [0.717, 1.165) is 29.1 Å². The average molecular weight is 353 g/mol. The molecule has 1 aromatic carbocycles. The van der Waals surface area contributed by atoms with Crippen LogP contribution in [-0.2, 0) is 19.6 Å². The Kier molecular flexibility index (Phi) is 5.11. The molecule has 0 fully saturated rings. The minimum absolute atomic E-state index is 0.134. The Bertz CT molecular complexity index is 926. The number of amides is 1. The van der Waals surface area contributed by atoms with Crippen molar-refractivity contribution < 1.29 is 4.79 Å². The van der Waals surface area contributed by atoms with Crippen molar-refractivity contribution in [2.24, 2.45) is 0 Å². The van der Waals surface area contributed by atoms with Gasteiger partial charge in [-0.15, -0.1) is 5.10 Å². The summed E-state index contributed by atoms with van der Waals surface area (Å²) in [7, 11) is 0. The molecule has 0 unspecified atom stereocenters. The van der Waals surface area contributed by atoms with Crippen molar-refractivity contribution in [3.8, 4) is 11.4 Å². The van der Waals surface area contributed by atoms with Crippen molar-refractivity contribution in [3.63, 3.8) is 0 Å². The van der Waals surface area contributed by atoms with Crippen LogP contribution in [0.5, 0.6) is 0 Å². The van der Waals surface area contributed by atoms with Crippen LogP contribution in [0.4, 0.5) is 0 Å². The molecule has 8 nitrogen and oxygen atoms in total. The monoisotopic (exact) mass is 353 g/mol. The van der Waals surface area contributed by atoms with Crippen molar-refractivity contribution >= 4 is 5.91 Å². The van der Waals surface area contributed by atoms with Gasteiger partial charge in [-0.3, -0.25) is 9.48 Å². The fourth-order valence-corrected chi connectivity index (χ4v) is 2.99. The summed E-state index contributed by atoms with van der Waals surface area (Å²) < 4.78 is 3.64. The lowest BCUT2D eigenvalue weighted by Crippen LogP contribution is -2.23. The molecule has 136 valence electrons. The van der Waals surface area contributed by atoms with Gasteiger partial charge in [0.15, 0.2) is 5.82 Å². The Morgan fingerprint density at radius 2 is 1.92 bits per heavy atom. The summed E-state index contributed by atoms with van der Waals surface area (Å²) in [6, 6.07) is 7.33. The van der Waals surface area contributed by atoms with Crippen LogP contribution in [0.15, 0.2) is 24.3 Å². The molecule has 1 amide bonds. The maximum Gasteiger partial charge on any atom is 0.251 e. The van der Waals surface area contributed by atoms with E-state index in [2.05, 4.69) is 32.9 Å². The highest BCUT2D eigenvalue weighted by atomic mass is 16.1. The molecule has 0 aliphatic rings. The van der Waals surface area contributed by atoms with Gasteiger partial charge in [-0.25, -0.2) is 4.68 Å².